The Morgan fingerprint density at radius 2 is 0.600 bits per heavy atom. The molecular formula is C66H125NO3. The summed E-state index contributed by atoms with van der Waals surface area (Å²) in [5.41, 5.74) is 0. The van der Waals surface area contributed by atoms with Crippen molar-refractivity contribution < 1.29 is 15.0 Å². The molecule has 412 valence electrons. The summed E-state index contributed by atoms with van der Waals surface area (Å²) in [7, 11) is 0. The minimum absolute atomic E-state index is 0.0674. The van der Waals surface area contributed by atoms with Gasteiger partial charge in [0.25, 0.3) is 0 Å². The first kappa shape index (κ1) is 68.4. The number of rotatable bonds is 59. The molecule has 4 nitrogen and oxygen atoms in total. The first-order valence-corrected chi connectivity index (χ1v) is 31.9. The molecule has 0 aliphatic rings. The Morgan fingerprint density at radius 3 is 0.914 bits per heavy atom. The van der Waals surface area contributed by atoms with E-state index in [0.717, 1.165) is 38.5 Å². The van der Waals surface area contributed by atoms with E-state index in [0.29, 0.717) is 6.42 Å². The molecule has 2 unspecified atom stereocenters. The lowest BCUT2D eigenvalue weighted by Gasteiger charge is -2.19. The van der Waals surface area contributed by atoms with Crippen LogP contribution >= 0.6 is 0 Å². The molecular weight excluding hydrogens is 855 g/mol. The van der Waals surface area contributed by atoms with E-state index in [1.54, 1.807) is 6.08 Å². The zero-order valence-electron chi connectivity index (χ0n) is 47.6. The van der Waals surface area contributed by atoms with Crippen molar-refractivity contribution in [3.8, 4) is 0 Å². The Morgan fingerprint density at radius 1 is 0.343 bits per heavy atom. The van der Waals surface area contributed by atoms with Crippen LogP contribution in [0.25, 0.3) is 0 Å². The third kappa shape index (κ3) is 57.3. The second-order valence-electron chi connectivity index (χ2n) is 21.8. The molecule has 0 saturated carbocycles. The fraction of sp³-hybridized carbons (Fsp3) is 0.864. The van der Waals surface area contributed by atoms with E-state index in [1.807, 2.05) is 6.08 Å². The topological polar surface area (TPSA) is 69.6 Å². The van der Waals surface area contributed by atoms with E-state index in [-0.39, 0.29) is 12.5 Å². The van der Waals surface area contributed by atoms with Gasteiger partial charge in [-0.15, -0.1) is 0 Å². The smallest absolute Gasteiger partial charge is 0.220 e. The molecule has 2 atom stereocenters. The van der Waals surface area contributed by atoms with E-state index in [4.69, 9.17) is 0 Å². The highest BCUT2D eigenvalue weighted by Gasteiger charge is 2.18. The maximum absolute atomic E-state index is 12.5. The van der Waals surface area contributed by atoms with Crippen molar-refractivity contribution >= 4 is 5.91 Å². The molecule has 0 saturated heterocycles. The molecule has 0 spiro atoms. The van der Waals surface area contributed by atoms with Gasteiger partial charge in [0.1, 0.15) is 0 Å². The minimum Gasteiger partial charge on any atom is -0.394 e. The number of amides is 1. The van der Waals surface area contributed by atoms with Gasteiger partial charge in [0.05, 0.1) is 18.8 Å². The summed E-state index contributed by atoms with van der Waals surface area (Å²) < 4.78 is 0. The van der Waals surface area contributed by atoms with Crippen LogP contribution in [0.4, 0.5) is 0 Å². The lowest BCUT2D eigenvalue weighted by Crippen LogP contribution is -2.45. The van der Waals surface area contributed by atoms with Crippen molar-refractivity contribution in [3.63, 3.8) is 0 Å². The molecule has 0 bridgehead atoms. The van der Waals surface area contributed by atoms with Gasteiger partial charge in [0.15, 0.2) is 0 Å². The summed E-state index contributed by atoms with van der Waals surface area (Å²) in [4.78, 5) is 12.5. The number of carbonyl (C=O) groups is 1. The number of nitrogens with one attached hydrogen (secondary N) is 1. The fourth-order valence-electron chi connectivity index (χ4n) is 9.94. The van der Waals surface area contributed by atoms with Crippen molar-refractivity contribution in [1.29, 1.82) is 0 Å². The minimum atomic E-state index is -0.862. The Balaban J connectivity index is 3.45. The fourth-order valence-corrected chi connectivity index (χ4v) is 9.94. The summed E-state index contributed by atoms with van der Waals surface area (Å²) in [5, 5.41) is 23.2. The third-order valence-corrected chi connectivity index (χ3v) is 14.8. The molecule has 0 aromatic heterocycles. The van der Waals surface area contributed by atoms with Gasteiger partial charge in [-0.25, -0.2) is 0 Å². The molecule has 70 heavy (non-hydrogen) atoms. The third-order valence-electron chi connectivity index (χ3n) is 14.8. The Bertz CT molecular complexity index is 1110. The van der Waals surface area contributed by atoms with Gasteiger partial charge < -0.3 is 15.5 Å². The quantitative estimate of drug-likeness (QED) is 0.0420. The molecule has 0 aliphatic heterocycles. The molecule has 0 heterocycles. The predicted octanol–water partition coefficient (Wildman–Crippen LogP) is 21.4. The Kier molecular flexibility index (Phi) is 60.2. The summed E-state index contributed by atoms with van der Waals surface area (Å²) in [6.45, 7) is 4.32. The number of aliphatic hydroxyl groups excluding tert-OH is 2. The van der Waals surface area contributed by atoms with Crippen molar-refractivity contribution in [2.75, 3.05) is 6.61 Å². The van der Waals surface area contributed by atoms with Gasteiger partial charge in [0, 0.05) is 6.42 Å². The van der Waals surface area contributed by atoms with Crippen LogP contribution in [-0.4, -0.2) is 34.9 Å². The summed E-state index contributed by atoms with van der Waals surface area (Å²) >= 11 is 0. The molecule has 4 heteroatoms. The highest BCUT2D eigenvalue weighted by atomic mass is 16.3. The number of hydrogen-bond acceptors (Lipinski definition) is 3. The Labute approximate surface area is 439 Å². The maximum Gasteiger partial charge on any atom is 0.220 e. The van der Waals surface area contributed by atoms with Crippen molar-refractivity contribution in [2.24, 2.45) is 0 Å². The lowest BCUT2D eigenvalue weighted by atomic mass is 10.0. The first-order chi connectivity index (χ1) is 34.7. The van der Waals surface area contributed by atoms with Gasteiger partial charge in [-0.2, -0.15) is 0 Å². The van der Waals surface area contributed by atoms with Gasteiger partial charge in [-0.3, -0.25) is 4.79 Å². The molecule has 3 N–H and O–H groups in total. The average molecular weight is 981 g/mol. The van der Waals surface area contributed by atoms with Crippen molar-refractivity contribution in [2.45, 2.75) is 360 Å². The highest BCUT2D eigenvalue weighted by molar-refractivity contribution is 5.76. The van der Waals surface area contributed by atoms with E-state index in [9.17, 15) is 15.0 Å². The van der Waals surface area contributed by atoms with Crippen LogP contribution in [0.15, 0.2) is 48.6 Å². The van der Waals surface area contributed by atoms with E-state index in [2.05, 4.69) is 55.6 Å². The molecule has 0 fully saturated rings. The first-order valence-electron chi connectivity index (χ1n) is 31.9. The number of carbonyl (C=O) groups excluding carboxylic acids is 1. The number of unbranched alkanes of at least 4 members (excludes halogenated alkanes) is 46. The maximum atomic E-state index is 12.5. The standard InChI is InChI=1S/C66H125NO3/c1-3-5-7-9-11-13-15-17-19-21-23-25-27-28-29-30-31-32-33-34-35-36-37-38-40-42-44-46-48-50-52-54-56-58-60-62-66(70)67-64(63-68)65(69)61-59-57-55-53-51-49-47-45-43-41-39-26-24-22-20-18-16-14-12-10-8-6-4-2/h15,17,21,23,51,53,59,61,64-65,68-69H,3-14,16,18-20,22,24-50,52,54-58,60,62-63H2,1-2H3,(H,67,70)/b17-15-,23-21-,53-51+,61-59+. The van der Waals surface area contributed by atoms with E-state index < -0.39 is 12.1 Å². The number of allylic oxidation sites excluding steroid dienone is 7. The molecule has 0 rings (SSSR count). The SMILES string of the molecule is CCCCCCC/C=C\C/C=C\CCCCCCCCCCCCCCCCCCCCCCCCCC(=O)NC(CO)C(O)/C=C/CC/C=C/CCCCCCCCCCCCCCCCCCC. The molecule has 0 aliphatic carbocycles. The van der Waals surface area contributed by atoms with Crippen LogP contribution < -0.4 is 5.32 Å². The summed E-state index contributed by atoms with van der Waals surface area (Å²) in [6.07, 6.45) is 86.0. The second kappa shape index (κ2) is 61.6. The normalized spacial score (nSPS) is 13.0. The Hall–Kier alpha value is -1.65. The van der Waals surface area contributed by atoms with Crippen molar-refractivity contribution in [1.82, 2.24) is 5.32 Å². The van der Waals surface area contributed by atoms with Crippen molar-refractivity contribution in [3.05, 3.63) is 48.6 Å². The van der Waals surface area contributed by atoms with E-state index in [1.165, 1.54) is 289 Å². The molecule has 0 aromatic rings. The van der Waals surface area contributed by atoms with Gasteiger partial charge in [-0.05, 0) is 64.2 Å². The molecule has 1 amide bonds. The van der Waals surface area contributed by atoms with Gasteiger partial charge >= 0.3 is 0 Å². The van der Waals surface area contributed by atoms with Crippen LogP contribution in [0.2, 0.25) is 0 Å². The van der Waals surface area contributed by atoms with E-state index >= 15 is 0 Å². The summed E-state index contributed by atoms with van der Waals surface area (Å²) in [5.74, 6) is -0.0674. The number of aliphatic hydroxyl groups is 2. The van der Waals surface area contributed by atoms with Crippen LogP contribution in [0.1, 0.15) is 348 Å². The van der Waals surface area contributed by atoms with Gasteiger partial charge in [-0.1, -0.05) is 326 Å². The van der Waals surface area contributed by atoms with Gasteiger partial charge in [0.2, 0.25) is 5.91 Å². The zero-order valence-corrected chi connectivity index (χ0v) is 47.6. The average Bonchev–Trinajstić information content (AvgIpc) is 3.36. The van der Waals surface area contributed by atoms with Crippen LogP contribution in [0.5, 0.6) is 0 Å². The summed E-state index contributed by atoms with van der Waals surface area (Å²) in [6, 6.07) is -0.639. The highest BCUT2D eigenvalue weighted by Crippen LogP contribution is 2.18. The monoisotopic (exact) mass is 980 g/mol. The van der Waals surface area contributed by atoms with Crippen LogP contribution in [-0.2, 0) is 4.79 Å². The second-order valence-corrected chi connectivity index (χ2v) is 21.8. The zero-order chi connectivity index (χ0) is 50.6. The predicted molar refractivity (Wildman–Crippen MR) is 313 cm³/mol. The van der Waals surface area contributed by atoms with Crippen LogP contribution in [0.3, 0.4) is 0 Å². The largest absolute Gasteiger partial charge is 0.394 e. The lowest BCUT2D eigenvalue weighted by molar-refractivity contribution is -0.123. The molecule has 0 aromatic carbocycles. The van der Waals surface area contributed by atoms with Crippen LogP contribution in [0, 0.1) is 0 Å². The number of hydrogen-bond donors (Lipinski definition) is 3. The molecule has 0 radical (unpaired) electrons.